The molecule has 1 heterocycles. The smallest absolute Gasteiger partial charge is 0.258 e. The molecule has 2 aromatic carbocycles. The van der Waals surface area contributed by atoms with E-state index in [1.807, 2.05) is 29.2 Å². The molecule has 0 unspecified atom stereocenters. The summed E-state index contributed by atoms with van der Waals surface area (Å²) in [5, 5.41) is 3.42. The monoisotopic (exact) mass is 360 g/mol. The molecule has 2 aromatic rings. The van der Waals surface area contributed by atoms with Gasteiger partial charge in [0.1, 0.15) is 12.0 Å². The summed E-state index contributed by atoms with van der Waals surface area (Å²) in [6.45, 7) is 0. The number of para-hydroxylation sites is 1. The number of nitrogens with zero attached hydrogens (tertiary/aromatic N) is 1. The van der Waals surface area contributed by atoms with Crippen LogP contribution in [-0.4, -0.2) is 16.8 Å². The number of nitrogens with one attached hydrogen (secondary N) is 1. The molecule has 0 saturated heterocycles. The van der Waals surface area contributed by atoms with Gasteiger partial charge in [-0.25, -0.2) is 4.39 Å². The largest absolute Gasteiger partial charge is 0.361 e. The van der Waals surface area contributed by atoms with Crippen LogP contribution < -0.4 is 5.32 Å². The first kappa shape index (κ1) is 13.8. The number of anilines is 1. The lowest BCUT2D eigenvalue weighted by Gasteiger charge is -2.38. The van der Waals surface area contributed by atoms with Gasteiger partial charge in [-0.15, -0.1) is 0 Å². The van der Waals surface area contributed by atoms with Gasteiger partial charge in [-0.2, -0.15) is 0 Å². The van der Waals surface area contributed by atoms with E-state index in [0.717, 1.165) is 24.1 Å². The molecule has 1 atom stereocenters. The van der Waals surface area contributed by atoms with Crippen molar-refractivity contribution in [2.75, 3.05) is 5.32 Å². The Labute approximate surface area is 136 Å². The molecule has 0 bridgehead atoms. The molecule has 4 rings (SSSR count). The van der Waals surface area contributed by atoms with E-state index >= 15 is 0 Å². The Hall–Kier alpha value is -1.88. The summed E-state index contributed by atoms with van der Waals surface area (Å²) in [5.41, 5.74) is 2.41. The third-order valence-corrected chi connectivity index (χ3v) is 4.77. The molecule has 1 amide bonds. The van der Waals surface area contributed by atoms with Crippen LogP contribution in [-0.2, 0) is 0 Å². The molecule has 1 aliphatic carbocycles. The summed E-state index contributed by atoms with van der Waals surface area (Å²) in [7, 11) is 0. The van der Waals surface area contributed by atoms with Crippen LogP contribution in [0.1, 0.15) is 34.9 Å². The molecular weight excluding hydrogens is 347 g/mol. The highest BCUT2D eigenvalue weighted by Gasteiger charge is 2.42. The predicted molar refractivity (Wildman–Crippen MR) is 86.1 cm³/mol. The van der Waals surface area contributed by atoms with Crippen LogP contribution in [0.3, 0.4) is 0 Å². The van der Waals surface area contributed by atoms with Crippen molar-refractivity contribution >= 4 is 27.5 Å². The van der Waals surface area contributed by atoms with Crippen molar-refractivity contribution in [2.24, 2.45) is 0 Å². The molecule has 0 spiro atoms. The van der Waals surface area contributed by atoms with Gasteiger partial charge in [0.2, 0.25) is 0 Å². The lowest BCUT2D eigenvalue weighted by Crippen LogP contribution is -2.44. The van der Waals surface area contributed by atoms with E-state index in [0.29, 0.717) is 10.0 Å². The highest BCUT2D eigenvalue weighted by Crippen LogP contribution is 2.41. The summed E-state index contributed by atoms with van der Waals surface area (Å²) < 4.78 is 13.9. The number of carbonyl (C=O) groups is 1. The summed E-state index contributed by atoms with van der Waals surface area (Å²) in [5.74, 6) is -0.258. The summed E-state index contributed by atoms with van der Waals surface area (Å²) in [6.07, 6.45) is 1.79. The summed E-state index contributed by atoms with van der Waals surface area (Å²) in [6, 6.07) is 12.7. The van der Waals surface area contributed by atoms with Gasteiger partial charge >= 0.3 is 0 Å². The quantitative estimate of drug-likeness (QED) is 0.864. The van der Waals surface area contributed by atoms with Crippen molar-refractivity contribution in [3.8, 4) is 0 Å². The fourth-order valence-corrected chi connectivity index (χ4v) is 3.32. The zero-order chi connectivity index (χ0) is 15.3. The number of halogens is 2. The van der Waals surface area contributed by atoms with E-state index in [1.165, 1.54) is 6.07 Å². The van der Waals surface area contributed by atoms with Crippen LogP contribution in [0.5, 0.6) is 0 Å². The van der Waals surface area contributed by atoms with Crippen LogP contribution in [0.15, 0.2) is 46.9 Å². The third-order valence-electron chi connectivity index (χ3n) is 4.16. The first-order chi connectivity index (χ1) is 10.6. The van der Waals surface area contributed by atoms with Crippen LogP contribution in [0.4, 0.5) is 10.1 Å². The van der Waals surface area contributed by atoms with Gasteiger partial charge in [-0.1, -0.05) is 18.2 Å². The second-order valence-corrected chi connectivity index (χ2v) is 6.56. The second kappa shape index (κ2) is 5.09. The lowest BCUT2D eigenvalue weighted by atomic mass is 10.0. The topological polar surface area (TPSA) is 32.3 Å². The molecule has 1 N–H and O–H groups in total. The average Bonchev–Trinajstić information content (AvgIpc) is 3.34. The minimum absolute atomic E-state index is 0.0438. The maximum atomic E-state index is 13.5. The van der Waals surface area contributed by atoms with Gasteiger partial charge in [0.15, 0.2) is 0 Å². The molecule has 3 nitrogen and oxygen atoms in total. The number of amides is 1. The Kier molecular flexibility index (Phi) is 3.18. The van der Waals surface area contributed by atoms with Gasteiger partial charge in [0.05, 0.1) is 10.0 Å². The van der Waals surface area contributed by atoms with Crippen LogP contribution in [0.2, 0.25) is 0 Å². The first-order valence-electron chi connectivity index (χ1n) is 7.28. The normalized spacial score (nSPS) is 20.5. The molecule has 1 fully saturated rings. The molecule has 5 heteroatoms. The zero-order valence-corrected chi connectivity index (χ0v) is 13.3. The molecule has 1 saturated carbocycles. The van der Waals surface area contributed by atoms with E-state index in [-0.39, 0.29) is 23.9 Å². The van der Waals surface area contributed by atoms with Crippen molar-refractivity contribution in [1.82, 2.24) is 4.90 Å². The SMILES string of the molecule is O=C1c2ccccc2N[C@@H](c2ccc(F)c(Br)c2)N1C1CC1. The molecule has 1 aliphatic heterocycles. The van der Waals surface area contributed by atoms with Crippen molar-refractivity contribution < 1.29 is 9.18 Å². The van der Waals surface area contributed by atoms with E-state index in [4.69, 9.17) is 0 Å². The molecule has 112 valence electrons. The van der Waals surface area contributed by atoms with Crippen molar-refractivity contribution in [2.45, 2.75) is 25.0 Å². The minimum Gasteiger partial charge on any atom is -0.361 e. The van der Waals surface area contributed by atoms with Crippen molar-refractivity contribution in [1.29, 1.82) is 0 Å². The number of hydrogen-bond acceptors (Lipinski definition) is 2. The maximum absolute atomic E-state index is 13.5. The number of rotatable bonds is 2. The number of carbonyl (C=O) groups excluding carboxylic acids is 1. The molecular formula is C17H14BrFN2O. The van der Waals surface area contributed by atoms with Crippen LogP contribution in [0, 0.1) is 5.82 Å². The minimum atomic E-state index is -0.302. The van der Waals surface area contributed by atoms with Gasteiger partial charge in [-0.3, -0.25) is 4.79 Å². The highest BCUT2D eigenvalue weighted by molar-refractivity contribution is 9.10. The Bertz CT molecular complexity index is 760. The van der Waals surface area contributed by atoms with Gasteiger partial charge in [0, 0.05) is 11.7 Å². The second-order valence-electron chi connectivity index (χ2n) is 5.71. The molecule has 0 radical (unpaired) electrons. The molecule has 22 heavy (non-hydrogen) atoms. The summed E-state index contributed by atoms with van der Waals surface area (Å²) in [4.78, 5) is 14.7. The van der Waals surface area contributed by atoms with Gasteiger partial charge < -0.3 is 10.2 Å². The fourth-order valence-electron chi connectivity index (χ4n) is 2.92. The Morgan fingerprint density at radius 2 is 1.95 bits per heavy atom. The standard InChI is InChI=1S/C17H14BrFN2O/c18-13-9-10(5-8-14(13)19)16-20-15-4-2-1-3-12(15)17(22)21(16)11-6-7-11/h1-5,8-9,11,16,20H,6-7H2/t16-/m1/s1. The lowest BCUT2D eigenvalue weighted by molar-refractivity contribution is 0.0666. The van der Waals surface area contributed by atoms with Crippen molar-refractivity contribution in [3.63, 3.8) is 0 Å². The zero-order valence-electron chi connectivity index (χ0n) is 11.7. The van der Waals surface area contributed by atoms with E-state index < -0.39 is 0 Å². The fraction of sp³-hybridized carbons (Fsp3) is 0.235. The molecule has 0 aromatic heterocycles. The Morgan fingerprint density at radius 1 is 1.18 bits per heavy atom. The molecule has 2 aliphatic rings. The predicted octanol–water partition coefficient (Wildman–Crippen LogP) is 4.32. The van der Waals surface area contributed by atoms with Crippen molar-refractivity contribution in [3.05, 3.63) is 63.9 Å². The average molecular weight is 361 g/mol. The van der Waals surface area contributed by atoms with Gasteiger partial charge in [-0.05, 0) is 58.6 Å². The van der Waals surface area contributed by atoms with E-state index in [2.05, 4.69) is 21.2 Å². The van der Waals surface area contributed by atoms with Crippen LogP contribution >= 0.6 is 15.9 Å². The highest BCUT2D eigenvalue weighted by atomic mass is 79.9. The van der Waals surface area contributed by atoms with E-state index in [9.17, 15) is 9.18 Å². The maximum Gasteiger partial charge on any atom is 0.258 e. The first-order valence-corrected chi connectivity index (χ1v) is 8.07. The number of fused-ring (bicyclic) bond motifs is 1. The van der Waals surface area contributed by atoms with Crippen LogP contribution in [0.25, 0.3) is 0 Å². The summed E-state index contributed by atoms with van der Waals surface area (Å²) >= 11 is 3.23. The third kappa shape index (κ3) is 2.20. The van der Waals surface area contributed by atoms with E-state index in [1.54, 1.807) is 12.1 Å². The number of benzene rings is 2. The Morgan fingerprint density at radius 3 is 2.68 bits per heavy atom. The van der Waals surface area contributed by atoms with Gasteiger partial charge in [0.25, 0.3) is 5.91 Å². The number of hydrogen-bond donors (Lipinski definition) is 1. The Balaban J connectivity index is 1.80.